The predicted molar refractivity (Wildman–Crippen MR) is 66.7 cm³/mol. The van der Waals surface area contributed by atoms with Gasteiger partial charge in [-0.05, 0) is 36.8 Å². The van der Waals surface area contributed by atoms with E-state index in [0.717, 1.165) is 5.92 Å². The number of rotatable bonds is 4. The molecule has 0 aromatic heterocycles. The lowest BCUT2D eigenvalue weighted by Crippen LogP contribution is -2.29. The normalized spacial score (nSPS) is 16.5. The highest BCUT2D eigenvalue weighted by molar-refractivity contribution is 5.98. The second kappa shape index (κ2) is 4.65. The zero-order valence-corrected chi connectivity index (χ0v) is 9.94. The fraction of sp³-hybridized carbons (Fsp3) is 0.462. The second-order valence-corrected chi connectivity index (χ2v) is 4.77. The highest BCUT2D eigenvalue weighted by atomic mass is 16.3. The fourth-order valence-electron chi connectivity index (χ4n) is 1.93. The molecule has 1 aliphatic rings. The zero-order valence-electron chi connectivity index (χ0n) is 9.94. The molecule has 4 nitrogen and oxygen atoms in total. The van der Waals surface area contributed by atoms with Crippen molar-refractivity contribution in [2.24, 2.45) is 11.8 Å². The first-order valence-electron chi connectivity index (χ1n) is 5.95. The van der Waals surface area contributed by atoms with E-state index in [1.54, 1.807) is 18.2 Å². The summed E-state index contributed by atoms with van der Waals surface area (Å²) in [5.74, 6) is 0.860. The number of benzene rings is 1. The van der Waals surface area contributed by atoms with E-state index in [1.165, 1.54) is 12.8 Å². The maximum absolute atomic E-state index is 11.8. The van der Waals surface area contributed by atoms with Gasteiger partial charge in [0.2, 0.25) is 0 Å². The molecule has 1 aromatic rings. The minimum absolute atomic E-state index is 0.135. The summed E-state index contributed by atoms with van der Waals surface area (Å²) in [6.45, 7) is 2.79. The van der Waals surface area contributed by atoms with Gasteiger partial charge < -0.3 is 16.2 Å². The molecular weight excluding hydrogens is 216 g/mol. The molecule has 4 N–H and O–H groups in total. The Morgan fingerprint density at radius 1 is 1.59 bits per heavy atom. The van der Waals surface area contributed by atoms with Crippen LogP contribution in [0, 0.1) is 11.8 Å². The summed E-state index contributed by atoms with van der Waals surface area (Å²) in [5, 5.41) is 12.5. The summed E-state index contributed by atoms with van der Waals surface area (Å²) < 4.78 is 0. The first-order valence-corrected chi connectivity index (χ1v) is 5.95. The Labute approximate surface area is 101 Å². The van der Waals surface area contributed by atoms with Gasteiger partial charge in [-0.3, -0.25) is 4.79 Å². The van der Waals surface area contributed by atoms with Crippen molar-refractivity contribution in [1.82, 2.24) is 5.32 Å². The van der Waals surface area contributed by atoms with Crippen molar-refractivity contribution in [1.29, 1.82) is 0 Å². The van der Waals surface area contributed by atoms with Gasteiger partial charge in [0.1, 0.15) is 0 Å². The van der Waals surface area contributed by atoms with E-state index in [-0.39, 0.29) is 22.9 Å². The molecule has 1 aliphatic carbocycles. The molecule has 1 saturated carbocycles. The molecule has 92 valence electrons. The molecule has 0 aliphatic heterocycles. The lowest BCUT2D eigenvalue weighted by atomic mass is 10.1. The molecule has 1 atom stereocenters. The van der Waals surface area contributed by atoms with E-state index in [1.807, 2.05) is 0 Å². The third kappa shape index (κ3) is 2.70. The summed E-state index contributed by atoms with van der Waals surface area (Å²) in [6, 6.07) is 4.80. The van der Waals surface area contributed by atoms with Crippen LogP contribution in [0.3, 0.4) is 0 Å². The summed E-state index contributed by atoms with van der Waals surface area (Å²) in [6.07, 6.45) is 2.53. The third-order valence-corrected chi connectivity index (χ3v) is 3.32. The van der Waals surface area contributed by atoms with Gasteiger partial charge in [0.15, 0.2) is 5.75 Å². The van der Waals surface area contributed by atoms with Gasteiger partial charge in [0.05, 0.1) is 11.3 Å². The summed E-state index contributed by atoms with van der Waals surface area (Å²) in [7, 11) is 0. The van der Waals surface area contributed by atoms with Crippen LogP contribution in [0.5, 0.6) is 5.75 Å². The number of hydrogen-bond acceptors (Lipinski definition) is 3. The zero-order chi connectivity index (χ0) is 12.4. The Balaban J connectivity index is 1.96. The van der Waals surface area contributed by atoms with Crippen LogP contribution in [-0.2, 0) is 0 Å². The van der Waals surface area contributed by atoms with Crippen molar-refractivity contribution in [3.63, 3.8) is 0 Å². The molecular formula is C13H18N2O2. The fourth-order valence-corrected chi connectivity index (χ4v) is 1.93. The molecule has 1 unspecified atom stereocenters. The summed E-state index contributed by atoms with van der Waals surface area (Å²) in [5.41, 5.74) is 6.02. The van der Waals surface area contributed by atoms with E-state index in [4.69, 9.17) is 5.73 Å². The van der Waals surface area contributed by atoms with Crippen LogP contribution in [0.15, 0.2) is 18.2 Å². The Morgan fingerprint density at radius 2 is 2.29 bits per heavy atom. The Kier molecular flexibility index (Phi) is 3.22. The quantitative estimate of drug-likeness (QED) is 0.549. The Morgan fingerprint density at radius 3 is 2.94 bits per heavy atom. The number of phenols is 1. The number of amides is 1. The first-order chi connectivity index (χ1) is 8.09. The maximum atomic E-state index is 11.8. The van der Waals surface area contributed by atoms with E-state index in [9.17, 15) is 9.90 Å². The number of nitrogens with one attached hydrogen (secondary N) is 1. The predicted octanol–water partition coefficient (Wildman–Crippen LogP) is 1.75. The molecule has 1 amide bonds. The monoisotopic (exact) mass is 234 g/mol. The summed E-state index contributed by atoms with van der Waals surface area (Å²) in [4.78, 5) is 11.8. The first kappa shape index (κ1) is 11.8. The van der Waals surface area contributed by atoms with E-state index >= 15 is 0 Å². The average Bonchev–Trinajstić information content (AvgIpc) is 3.13. The van der Waals surface area contributed by atoms with Crippen LogP contribution in [0.4, 0.5) is 5.69 Å². The highest BCUT2D eigenvalue weighted by Gasteiger charge is 2.28. The molecule has 2 rings (SSSR count). The third-order valence-electron chi connectivity index (χ3n) is 3.32. The van der Waals surface area contributed by atoms with E-state index in [0.29, 0.717) is 12.5 Å². The maximum Gasteiger partial charge on any atom is 0.255 e. The van der Waals surface area contributed by atoms with Gasteiger partial charge in [-0.1, -0.05) is 13.0 Å². The average molecular weight is 234 g/mol. The lowest BCUT2D eigenvalue weighted by Gasteiger charge is -2.12. The van der Waals surface area contributed by atoms with Crippen molar-refractivity contribution in [3.05, 3.63) is 23.8 Å². The van der Waals surface area contributed by atoms with Gasteiger partial charge in [0.25, 0.3) is 5.91 Å². The van der Waals surface area contributed by atoms with Crippen LogP contribution in [0.1, 0.15) is 30.1 Å². The number of para-hydroxylation sites is 1. The van der Waals surface area contributed by atoms with Gasteiger partial charge >= 0.3 is 0 Å². The molecule has 1 aromatic carbocycles. The van der Waals surface area contributed by atoms with Crippen LogP contribution >= 0.6 is 0 Å². The van der Waals surface area contributed by atoms with Crippen molar-refractivity contribution in [2.45, 2.75) is 19.8 Å². The van der Waals surface area contributed by atoms with Crippen molar-refractivity contribution >= 4 is 11.6 Å². The smallest absolute Gasteiger partial charge is 0.255 e. The Bertz CT molecular complexity index is 427. The largest absolute Gasteiger partial charge is 0.505 e. The number of aromatic hydroxyl groups is 1. The second-order valence-electron chi connectivity index (χ2n) is 4.77. The molecule has 17 heavy (non-hydrogen) atoms. The highest BCUT2D eigenvalue weighted by Crippen LogP contribution is 2.36. The van der Waals surface area contributed by atoms with Gasteiger partial charge in [-0.2, -0.15) is 0 Å². The minimum atomic E-state index is -0.262. The van der Waals surface area contributed by atoms with Crippen molar-refractivity contribution in [3.8, 4) is 5.75 Å². The number of nitrogen functional groups attached to an aromatic ring is 1. The standard InChI is InChI=1S/C13H18N2O2/c1-8(9-5-6-9)7-15-13(17)10-3-2-4-11(14)12(10)16/h2-4,8-9,16H,5-7,14H2,1H3,(H,15,17). The summed E-state index contributed by atoms with van der Waals surface area (Å²) >= 11 is 0. The molecule has 4 heteroatoms. The number of nitrogens with two attached hydrogens (primary N) is 1. The van der Waals surface area contributed by atoms with Gasteiger partial charge in [-0.15, -0.1) is 0 Å². The van der Waals surface area contributed by atoms with Crippen LogP contribution in [0.2, 0.25) is 0 Å². The molecule has 1 fully saturated rings. The number of hydrogen-bond donors (Lipinski definition) is 3. The molecule has 0 saturated heterocycles. The topological polar surface area (TPSA) is 75.4 Å². The lowest BCUT2D eigenvalue weighted by molar-refractivity contribution is 0.0944. The molecule has 0 bridgehead atoms. The number of phenolic OH excluding ortho intramolecular Hbond substituents is 1. The molecule has 0 radical (unpaired) electrons. The number of carbonyl (C=O) groups is 1. The molecule has 0 heterocycles. The van der Waals surface area contributed by atoms with E-state index in [2.05, 4.69) is 12.2 Å². The van der Waals surface area contributed by atoms with Crippen molar-refractivity contribution in [2.75, 3.05) is 12.3 Å². The SMILES string of the molecule is CC(CNC(=O)c1cccc(N)c1O)C1CC1. The number of anilines is 1. The number of carbonyl (C=O) groups excluding carboxylic acids is 1. The van der Waals surface area contributed by atoms with E-state index < -0.39 is 0 Å². The van der Waals surface area contributed by atoms with Crippen LogP contribution < -0.4 is 11.1 Å². The van der Waals surface area contributed by atoms with Crippen LogP contribution in [0.25, 0.3) is 0 Å². The minimum Gasteiger partial charge on any atom is -0.505 e. The Hall–Kier alpha value is -1.71. The molecule has 0 spiro atoms. The van der Waals surface area contributed by atoms with Crippen LogP contribution in [-0.4, -0.2) is 17.6 Å². The van der Waals surface area contributed by atoms with Gasteiger partial charge in [-0.25, -0.2) is 0 Å². The van der Waals surface area contributed by atoms with Gasteiger partial charge in [0, 0.05) is 6.54 Å². The van der Waals surface area contributed by atoms with Crippen molar-refractivity contribution < 1.29 is 9.90 Å².